The van der Waals surface area contributed by atoms with E-state index in [9.17, 15) is 12.8 Å². The molecule has 100 valence electrons. The van der Waals surface area contributed by atoms with Crippen molar-refractivity contribution >= 4 is 15.7 Å². The number of nitrogen functional groups attached to an aromatic ring is 1. The standard InChI is InChI=1S/C12H17FN2O2S/c1-12(2,8-3-4-8)15-18(16,17)11-6-5-9(13)7-10(11)14/h5-8,15H,3-4,14H2,1-2H3. The van der Waals surface area contributed by atoms with E-state index in [0.717, 1.165) is 25.0 Å². The number of nitrogens with one attached hydrogen (secondary N) is 1. The van der Waals surface area contributed by atoms with Crippen molar-refractivity contribution in [3.63, 3.8) is 0 Å². The van der Waals surface area contributed by atoms with Gasteiger partial charge in [-0.25, -0.2) is 17.5 Å². The highest BCUT2D eigenvalue weighted by atomic mass is 32.2. The fourth-order valence-corrected chi connectivity index (χ4v) is 3.64. The summed E-state index contributed by atoms with van der Waals surface area (Å²) in [5.41, 5.74) is 4.98. The van der Waals surface area contributed by atoms with Crippen LogP contribution in [0.4, 0.5) is 10.1 Å². The van der Waals surface area contributed by atoms with Crippen molar-refractivity contribution in [2.24, 2.45) is 5.92 Å². The Morgan fingerprint density at radius 3 is 2.50 bits per heavy atom. The van der Waals surface area contributed by atoms with Crippen molar-refractivity contribution in [3.05, 3.63) is 24.0 Å². The van der Waals surface area contributed by atoms with Crippen LogP contribution < -0.4 is 10.5 Å². The van der Waals surface area contributed by atoms with E-state index in [4.69, 9.17) is 5.73 Å². The maximum atomic E-state index is 12.9. The van der Waals surface area contributed by atoms with Crippen LogP contribution in [0.15, 0.2) is 23.1 Å². The number of halogens is 1. The molecule has 1 aromatic carbocycles. The summed E-state index contributed by atoms with van der Waals surface area (Å²) >= 11 is 0. The Balaban J connectivity index is 2.30. The Labute approximate surface area is 106 Å². The van der Waals surface area contributed by atoms with Crippen molar-refractivity contribution in [2.45, 2.75) is 37.1 Å². The van der Waals surface area contributed by atoms with Gasteiger partial charge < -0.3 is 5.73 Å². The molecule has 0 spiro atoms. The van der Waals surface area contributed by atoms with Gasteiger partial charge in [0.05, 0.1) is 5.69 Å². The van der Waals surface area contributed by atoms with Crippen LogP contribution in [-0.2, 0) is 10.0 Å². The van der Waals surface area contributed by atoms with Crippen LogP contribution >= 0.6 is 0 Å². The molecule has 0 bridgehead atoms. The SMILES string of the molecule is CC(C)(NS(=O)(=O)c1ccc(F)cc1N)C1CC1. The van der Waals surface area contributed by atoms with Gasteiger partial charge in [-0.15, -0.1) is 0 Å². The first-order valence-electron chi connectivity index (χ1n) is 5.81. The summed E-state index contributed by atoms with van der Waals surface area (Å²) in [5, 5.41) is 0. The molecule has 1 fully saturated rings. The Kier molecular flexibility index (Phi) is 3.11. The van der Waals surface area contributed by atoms with E-state index in [1.54, 1.807) is 0 Å². The van der Waals surface area contributed by atoms with Crippen LogP contribution in [0.2, 0.25) is 0 Å². The smallest absolute Gasteiger partial charge is 0.243 e. The molecule has 3 N–H and O–H groups in total. The van der Waals surface area contributed by atoms with Gasteiger partial charge in [0.2, 0.25) is 10.0 Å². The number of hydrogen-bond donors (Lipinski definition) is 2. The van der Waals surface area contributed by atoms with Gasteiger partial charge in [0.25, 0.3) is 0 Å². The molecule has 18 heavy (non-hydrogen) atoms. The van der Waals surface area contributed by atoms with Gasteiger partial charge >= 0.3 is 0 Å². The molecule has 4 nitrogen and oxygen atoms in total. The van der Waals surface area contributed by atoms with Gasteiger partial charge in [-0.05, 0) is 50.8 Å². The van der Waals surface area contributed by atoms with E-state index in [2.05, 4.69) is 4.72 Å². The summed E-state index contributed by atoms with van der Waals surface area (Å²) in [6, 6.07) is 3.30. The summed E-state index contributed by atoms with van der Waals surface area (Å²) in [6.07, 6.45) is 2.04. The van der Waals surface area contributed by atoms with Gasteiger partial charge in [0, 0.05) is 5.54 Å². The zero-order chi connectivity index (χ0) is 13.6. The van der Waals surface area contributed by atoms with Crippen molar-refractivity contribution < 1.29 is 12.8 Å². The van der Waals surface area contributed by atoms with Crippen LogP contribution in [-0.4, -0.2) is 14.0 Å². The number of benzene rings is 1. The summed E-state index contributed by atoms with van der Waals surface area (Å²) in [6.45, 7) is 3.70. The molecule has 0 saturated heterocycles. The molecule has 0 radical (unpaired) electrons. The van der Waals surface area contributed by atoms with Crippen LogP contribution in [0.3, 0.4) is 0 Å². The van der Waals surface area contributed by atoms with E-state index < -0.39 is 21.4 Å². The molecule has 0 heterocycles. The molecule has 0 unspecified atom stereocenters. The zero-order valence-electron chi connectivity index (χ0n) is 10.4. The van der Waals surface area contributed by atoms with Gasteiger partial charge in [-0.2, -0.15) is 0 Å². The number of anilines is 1. The van der Waals surface area contributed by atoms with Crippen LogP contribution in [0.5, 0.6) is 0 Å². The predicted octanol–water partition coefficient (Wildman–Crippen LogP) is 1.87. The van der Waals surface area contributed by atoms with Crippen LogP contribution in [0, 0.1) is 11.7 Å². The highest BCUT2D eigenvalue weighted by molar-refractivity contribution is 7.89. The topological polar surface area (TPSA) is 72.2 Å². The predicted molar refractivity (Wildman–Crippen MR) is 67.9 cm³/mol. The molecule has 0 aromatic heterocycles. The van der Waals surface area contributed by atoms with Crippen molar-refractivity contribution in [1.82, 2.24) is 4.72 Å². The fourth-order valence-electron chi connectivity index (χ4n) is 2.05. The average molecular weight is 272 g/mol. The van der Waals surface area contributed by atoms with Crippen molar-refractivity contribution in [3.8, 4) is 0 Å². The summed E-state index contributed by atoms with van der Waals surface area (Å²) in [7, 11) is -3.71. The first kappa shape index (κ1) is 13.3. The lowest BCUT2D eigenvalue weighted by molar-refractivity contribution is 0.400. The minimum Gasteiger partial charge on any atom is -0.398 e. The quantitative estimate of drug-likeness (QED) is 0.822. The summed E-state index contributed by atoms with van der Waals surface area (Å²) in [5.74, 6) is -0.193. The maximum Gasteiger partial charge on any atom is 0.243 e. The highest BCUT2D eigenvalue weighted by Crippen LogP contribution is 2.40. The second-order valence-corrected chi connectivity index (χ2v) is 6.93. The normalized spacial score (nSPS) is 16.8. The van der Waals surface area contributed by atoms with Crippen LogP contribution in [0.1, 0.15) is 26.7 Å². The first-order chi connectivity index (χ1) is 8.22. The number of hydrogen-bond acceptors (Lipinski definition) is 3. The van der Waals surface area contributed by atoms with Gasteiger partial charge in [-0.1, -0.05) is 0 Å². The fraction of sp³-hybridized carbons (Fsp3) is 0.500. The third kappa shape index (κ3) is 2.64. The number of rotatable bonds is 4. The third-order valence-electron chi connectivity index (χ3n) is 3.26. The molecule has 2 rings (SSSR count). The first-order valence-corrected chi connectivity index (χ1v) is 7.30. The lowest BCUT2D eigenvalue weighted by Crippen LogP contribution is -2.45. The van der Waals surface area contributed by atoms with E-state index in [1.165, 1.54) is 6.07 Å². The summed E-state index contributed by atoms with van der Waals surface area (Å²) in [4.78, 5) is -0.0716. The Morgan fingerprint density at radius 1 is 1.39 bits per heavy atom. The number of sulfonamides is 1. The van der Waals surface area contributed by atoms with Crippen LogP contribution in [0.25, 0.3) is 0 Å². The van der Waals surface area contributed by atoms with E-state index in [0.29, 0.717) is 5.92 Å². The Hall–Kier alpha value is -1.14. The molecule has 1 saturated carbocycles. The molecule has 0 atom stereocenters. The molecule has 1 aromatic rings. The molecule has 0 aliphatic heterocycles. The molecule has 1 aliphatic carbocycles. The second-order valence-electron chi connectivity index (χ2n) is 5.28. The average Bonchev–Trinajstić information content (AvgIpc) is 2.97. The van der Waals surface area contributed by atoms with Crippen molar-refractivity contribution in [2.75, 3.05) is 5.73 Å². The molecule has 1 aliphatic rings. The molecular formula is C12H17FN2O2S. The lowest BCUT2D eigenvalue weighted by atomic mass is 10.0. The van der Waals surface area contributed by atoms with Gasteiger partial charge in [0.15, 0.2) is 0 Å². The zero-order valence-corrected chi connectivity index (χ0v) is 11.2. The largest absolute Gasteiger partial charge is 0.398 e. The lowest BCUT2D eigenvalue weighted by Gasteiger charge is -2.26. The third-order valence-corrected chi connectivity index (χ3v) is 5.00. The van der Waals surface area contributed by atoms with Gasteiger partial charge in [0.1, 0.15) is 10.7 Å². The monoisotopic (exact) mass is 272 g/mol. The van der Waals surface area contributed by atoms with E-state index in [-0.39, 0.29) is 10.6 Å². The van der Waals surface area contributed by atoms with E-state index in [1.807, 2.05) is 13.8 Å². The Bertz CT molecular complexity index is 565. The molecule has 0 amide bonds. The van der Waals surface area contributed by atoms with E-state index >= 15 is 0 Å². The maximum absolute atomic E-state index is 12.9. The second kappa shape index (κ2) is 4.20. The molecule has 6 heteroatoms. The summed E-state index contributed by atoms with van der Waals surface area (Å²) < 4.78 is 40.0. The van der Waals surface area contributed by atoms with Gasteiger partial charge in [-0.3, -0.25) is 0 Å². The minimum atomic E-state index is -3.71. The highest BCUT2D eigenvalue weighted by Gasteiger charge is 2.40. The Morgan fingerprint density at radius 2 is 2.00 bits per heavy atom. The van der Waals surface area contributed by atoms with Crippen molar-refractivity contribution in [1.29, 1.82) is 0 Å². The minimum absolute atomic E-state index is 0.0716. The number of nitrogens with two attached hydrogens (primary N) is 1. The molecular weight excluding hydrogens is 255 g/mol.